The smallest absolute Gasteiger partial charge is 0.196 e. The molecule has 4 nitrogen and oxygen atoms in total. The van der Waals surface area contributed by atoms with Crippen molar-refractivity contribution in [3.63, 3.8) is 0 Å². The van der Waals surface area contributed by atoms with Crippen molar-refractivity contribution in [1.29, 1.82) is 0 Å². The third kappa shape index (κ3) is 2.88. The minimum Gasteiger partial charge on any atom is -0.293 e. The molecule has 0 aliphatic heterocycles. The molecule has 23 heavy (non-hydrogen) atoms. The predicted octanol–water partition coefficient (Wildman–Crippen LogP) is 3.94. The summed E-state index contributed by atoms with van der Waals surface area (Å²) in [5.41, 5.74) is 6.11. The zero-order valence-electron chi connectivity index (χ0n) is 13.8. The van der Waals surface area contributed by atoms with Crippen molar-refractivity contribution < 1.29 is 4.79 Å². The molecule has 0 aliphatic carbocycles. The predicted molar refractivity (Wildman–Crippen MR) is 93.4 cm³/mol. The van der Waals surface area contributed by atoms with E-state index in [4.69, 9.17) is 0 Å². The van der Waals surface area contributed by atoms with E-state index in [9.17, 15) is 4.79 Å². The van der Waals surface area contributed by atoms with Crippen LogP contribution in [0.3, 0.4) is 0 Å². The summed E-state index contributed by atoms with van der Waals surface area (Å²) in [6.45, 7) is 8.15. The zero-order chi connectivity index (χ0) is 16.6. The summed E-state index contributed by atoms with van der Waals surface area (Å²) in [5.74, 6) is 0.504. The van der Waals surface area contributed by atoms with E-state index in [1.807, 2.05) is 42.6 Å². The Bertz CT molecular complexity index is 872. The number of rotatable bonds is 4. The number of hydrogen-bond donors (Lipinski definition) is 0. The van der Waals surface area contributed by atoms with Crippen LogP contribution in [0.5, 0.6) is 0 Å². The van der Waals surface area contributed by atoms with Gasteiger partial charge in [0.2, 0.25) is 0 Å². The molecule has 0 spiro atoms. The molecule has 3 rings (SSSR count). The number of ketones is 1. The second kappa shape index (κ2) is 6.16. The molecule has 0 bridgehead atoms. The summed E-state index contributed by atoms with van der Waals surface area (Å²) in [4.78, 5) is 12.7. The largest absolute Gasteiger partial charge is 0.293 e. The first kappa shape index (κ1) is 15.7. The molecule has 0 saturated carbocycles. The molecule has 0 N–H and O–H groups in total. The third-order valence-corrected chi connectivity index (χ3v) is 5.20. The molecule has 0 radical (unpaired) electrons. The third-order valence-electron chi connectivity index (χ3n) is 4.26. The molecule has 3 aromatic rings. The van der Waals surface area contributed by atoms with Crippen molar-refractivity contribution >= 4 is 23.2 Å². The van der Waals surface area contributed by atoms with E-state index in [0.29, 0.717) is 5.75 Å². The normalized spacial score (nSPS) is 11.1. The summed E-state index contributed by atoms with van der Waals surface area (Å²) < 4.78 is 1.90. The number of nitrogens with zero attached hydrogens (tertiary/aromatic N) is 3. The first-order valence-electron chi connectivity index (χ1n) is 7.52. The quantitative estimate of drug-likeness (QED) is 0.538. The molecule has 0 saturated heterocycles. The van der Waals surface area contributed by atoms with Crippen molar-refractivity contribution in [2.75, 3.05) is 5.75 Å². The van der Waals surface area contributed by atoms with Gasteiger partial charge in [-0.2, -0.15) is 0 Å². The maximum Gasteiger partial charge on any atom is 0.196 e. The summed E-state index contributed by atoms with van der Waals surface area (Å²) in [6.07, 6.45) is 1.91. The summed E-state index contributed by atoms with van der Waals surface area (Å²) in [5, 5.41) is 9.02. The van der Waals surface area contributed by atoms with Crippen molar-refractivity contribution in [3.8, 4) is 0 Å². The van der Waals surface area contributed by atoms with Crippen LogP contribution in [0.1, 0.15) is 32.6 Å². The highest BCUT2D eigenvalue weighted by molar-refractivity contribution is 7.99. The highest BCUT2D eigenvalue weighted by Gasteiger charge is 2.17. The number of carbonyl (C=O) groups excluding carboxylic acids is 1. The Hall–Kier alpha value is -2.14. The summed E-state index contributed by atoms with van der Waals surface area (Å²) in [6, 6.07) is 7.89. The lowest BCUT2D eigenvalue weighted by atomic mass is 9.92. The van der Waals surface area contributed by atoms with Crippen LogP contribution in [-0.4, -0.2) is 26.1 Å². The first-order chi connectivity index (χ1) is 11.0. The van der Waals surface area contributed by atoms with Gasteiger partial charge < -0.3 is 0 Å². The van der Waals surface area contributed by atoms with Gasteiger partial charge in [0.1, 0.15) is 0 Å². The van der Waals surface area contributed by atoms with Crippen LogP contribution in [-0.2, 0) is 0 Å². The minimum absolute atomic E-state index is 0.143. The monoisotopic (exact) mass is 325 g/mol. The Labute approximate surface area is 139 Å². The zero-order valence-corrected chi connectivity index (χ0v) is 14.6. The molecule has 5 heteroatoms. The SMILES string of the molecule is Cc1cc(C)c(C)c(C(=O)CSc2nnc3ccccn23)c1C. The number of aryl methyl sites for hydroxylation is 2. The molecule has 0 atom stereocenters. The standard InChI is InChI=1S/C18H19N3OS/c1-11-9-12(2)14(4)17(13(11)3)15(22)10-23-18-20-19-16-7-5-6-8-21(16)18/h5-9H,10H2,1-4H3. The van der Waals surface area contributed by atoms with E-state index in [1.54, 1.807) is 0 Å². The second-order valence-electron chi connectivity index (χ2n) is 5.76. The van der Waals surface area contributed by atoms with Crippen molar-refractivity contribution in [2.24, 2.45) is 0 Å². The number of thioether (sulfide) groups is 1. The van der Waals surface area contributed by atoms with Gasteiger partial charge in [0, 0.05) is 11.8 Å². The van der Waals surface area contributed by atoms with Crippen LogP contribution < -0.4 is 0 Å². The van der Waals surface area contributed by atoms with E-state index >= 15 is 0 Å². The second-order valence-corrected chi connectivity index (χ2v) is 6.70. The fourth-order valence-corrected chi connectivity index (χ4v) is 3.55. The molecular weight excluding hydrogens is 306 g/mol. The number of benzene rings is 1. The molecule has 0 aliphatic rings. The van der Waals surface area contributed by atoms with Gasteiger partial charge in [-0.25, -0.2) is 0 Å². The summed E-state index contributed by atoms with van der Waals surface area (Å²) >= 11 is 1.43. The van der Waals surface area contributed by atoms with Crippen molar-refractivity contribution in [3.05, 3.63) is 58.3 Å². The van der Waals surface area contributed by atoms with Crippen LogP contribution >= 0.6 is 11.8 Å². The molecule has 1 aromatic carbocycles. The highest BCUT2D eigenvalue weighted by atomic mass is 32.2. The van der Waals surface area contributed by atoms with Gasteiger partial charge in [-0.3, -0.25) is 9.20 Å². The Balaban J connectivity index is 1.86. The molecule has 0 fully saturated rings. The van der Waals surface area contributed by atoms with Gasteiger partial charge in [-0.1, -0.05) is 23.9 Å². The number of hydrogen-bond acceptors (Lipinski definition) is 4. The Kier molecular flexibility index (Phi) is 4.22. The highest BCUT2D eigenvalue weighted by Crippen LogP contribution is 2.25. The van der Waals surface area contributed by atoms with Gasteiger partial charge in [0.15, 0.2) is 16.6 Å². The molecule has 0 unspecified atom stereocenters. The average molecular weight is 325 g/mol. The topological polar surface area (TPSA) is 47.3 Å². The lowest BCUT2D eigenvalue weighted by Gasteiger charge is -2.14. The van der Waals surface area contributed by atoms with Gasteiger partial charge in [-0.15, -0.1) is 10.2 Å². The van der Waals surface area contributed by atoms with E-state index in [2.05, 4.69) is 30.1 Å². The van der Waals surface area contributed by atoms with Gasteiger partial charge in [0.05, 0.1) is 5.75 Å². The maximum absolute atomic E-state index is 12.7. The van der Waals surface area contributed by atoms with Crippen molar-refractivity contribution in [2.45, 2.75) is 32.9 Å². The van der Waals surface area contributed by atoms with Crippen LogP contribution in [0.15, 0.2) is 35.6 Å². The first-order valence-corrected chi connectivity index (χ1v) is 8.50. The molecule has 118 valence electrons. The number of fused-ring (bicyclic) bond motifs is 1. The van der Waals surface area contributed by atoms with Crippen LogP contribution in [0.25, 0.3) is 5.65 Å². The van der Waals surface area contributed by atoms with Gasteiger partial charge in [-0.05, 0) is 62.1 Å². The van der Waals surface area contributed by atoms with E-state index in [1.165, 1.54) is 11.8 Å². The van der Waals surface area contributed by atoms with Crippen LogP contribution in [0, 0.1) is 27.7 Å². The van der Waals surface area contributed by atoms with E-state index < -0.39 is 0 Å². The molecule has 2 aromatic heterocycles. The van der Waals surface area contributed by atoms with Crippen LogP contribution in [0.4, 0.5) is 0 Å². The van der Waals surface area contributed by atoms with Crippen LogP contribution in [0.2, 0.25) is 0 Å². The Morgan fingerprint density at radius 2 is 1.78 bits per heavy atom. The number of pyridine rings is 1. The molecule has 0 amide bonds. The number of carbonyl (C=O) groups is 1. The lowest BCUT2D eigenvalue weighted by molar-refractivity contribution is 0.102. The summed E-state index contributed by atoms with van der Waals surface area (Å²) in [7, 11) is 0. The molecule has 2 heterocycles. The Morgan fingerprint density at radius 1 is 1.09 bits per heavy atom. The number of aromatic nitrogens is 3. The van der Waals surface area contributed by atoms with E-state index in [-0.39, 0.29) is 5.78 Å². The fourth-order valence-electron chi connectivity index (χ4n) is 2.76. The van der Waals surface area contributed by atoms with Crippen molar-refractivity contribution in [1.82, 2.24) is 14.6 Å². The number of Topliss-reactive ketones (excluding diaryl/α,β-unsaturated/α-hetero) is 1. The minimum atomic E-state index is 0.143. The maximum atomic E-state index is 12.7. The Morgan fingerprint density at radius 3 is 2.48 bits per heavy atom. The average Bonchev–Trinajstić information content (AvgIpc) is 2.94. The van der Waals surface area contributed by atoms with E-state index in [0.717, 1.165) is 38.6 Å². The lowest BCUT2D eigenvalue weighted by Crippen LogP contribution is -2.10. The van der Waals surface area contributed by atoms with Gasteiger partial charge in [0.25, 0.3) is 0 Å². The van der Waals surface area contributed by atoms with Gasteiger partial charge >= 0.3 is 0 Å². The molecular formula is C18H19N3OS. The fraction of sp³-hybridized carbons (Fsp3) is 0.278.